The molecule has 1 heterocycles. The second-order valence-electron chi connectivity index (χ2n) is 6.88. The molecule has 1 saturated heterocycles. The maximum atomic E-state index is 5.68. The highest BCUT2D eigenvalue weighted by Gasteiger charge is 2.39. The zero-order valence-corrected chi connectivity index (χ0v) is 16.4. The third kappa shape index (κ3) is 3.99. The lowest BCUT2D eigenvalue weighted by atomic mass is 9.79. The number of rotatable bonds is 5. The van der Waals surface area contributed by atoms with E-state index in [-0.39, 0.29) is 12.4 Å². The summed E-state index contributed by atoms with van der Waals surface area (Å²) in [7, 11) is 5.02. The van der Waals surface area contributed by atoms with E-state index < -0.39 is 0 Å². The van der Waals surface area contributed by atoms with Crippen molar-refractivity contribution in [1.82, 2.24) is 10.2 Å². The zero-order chi connectivity index (χ0) is 17.0. The molecule has 0 radical (unpaired) electrons. The van der Waals surface area contributed by atoms with Gasteiger partial charge >= 0.3 is 0 Å². The fraction of sp³-hybridized carbons (Fsp3) is 0.684. The lowest BCUT2D eigenvalue weighted by Crippen LogP contribution is -2.61. The molecule has 0 bridgehead atoms. The zero-order valence-electron chi connectivity index (χ0n) is 15.6. The molecule has 1 N–H and O–H groups in total. The Morgan fingerprint density at radius 2 is 1.72 bits per heavy atom. The van der Waals surface area contributed by atoms with Gasteiger partial charge < -0.3 is 19.5 Å². The van der Waals surface area contributed by atoms with Gasteiger partial charge in [-0.25, -0.2) is 0 Å². The third-order valence-electron chi connectivity index (χ3n) is 5.61. The quantitative estimate of drug-likeness (QED) is 0.861. The highest BCUT2D eigenvalue weighted by atomic mass is 35.5. The van der Waals surface area contributed by atoms with Gasteiger partial charge in [-0.3, -0.25) is 4.90 Å². The van der Waals surface area contributed by atoms with Crippen LogP contribution >= 0.6 is 12.4 Å². The molecule has 1 spiro atoms. The molecule has 0 aromatic heterocycles. The first kappa shape index (κ1) is 20.1. The molecule has 3 rings (SSSR count). The molecule has 5 nitrogen and oxygen atoms in total. The first-order valence-electron chi connectivity index (χ1n) is 8.98. The molecule has 0 amide bonds. The van der Waals surface area contributed by atoms with Crippen LogP contribution in [-0.2, 0) is 6.54 Å². The minimum atomic E-state index is 0. The van der Waals surface area contributed by atoms with E-state index in [1.165, 1.54) is 37.7 Å². The van der Waals surface area contributed by atoms with Crippen molar-refractivity contribution >= 4 is 12.4 Å². The molecule has 142 valence electrons. The summed E-state index contributed by atoms with van der Waals surface area (Å²) < 4.78 is 16.6. The van der Waals surface area contributed by atoms with E-state index in [1.807, 2.05) is 6.07 Å². The van der Waals surface area contributed by atoms with Gasteiger partial charge in [-0.05, 0) is 18.9 Å². The van der Waals surface area contributed by atoms with Crippen molar-refractivity contribution in [3.05, 3.63) is 17.7 Å². The molecular formula is C19H31ClN2O3. The monoisotopic (exact) mass is 370 g/mol. The van der Waals surface area contributed by atoms with Crippen LogP contribution in [0.3, 0.4) is 0 Å². The van der Waals surface area contributed by atoms with Crippen molar-refractivity contribution in [2.45, 2.75) is 44.2 Å². The van der Waals surface area contributed by atoms with E-state index in [1.54, 1.807) is 21.3 Å². The van der Waals surface area contributed by atoms with Crippen LogP contribution in [0.1, 0.15) is 37.7 Å². The Balaban J connectivity index is 0.00000225. The van der Waals surface area contributed by atoms with Crippen molar-refractivity contribution in [1.29, 1.82) is 0 Å². The van der Waals surface area contributed by atoms with Gasteiger partial charge in [0.05, 0.1) is 21.3 Å². The van der Waals surface area contributed by atoms with Gasteiger partial charge in [0.15, 0.2) is 11.5 Å². The van der Waals surface area contributed by atoms with Crippen molar-refractivity contribution in [3.63, 3.8) is 0 Å². The Bertz CT molecular complexity index is 554. The summed E-state index contributed by atoms with van der Waals surface area (Å²) in [5, 5.41) is 3.61. The fourth-order valence-corrected chi connectivity index (χ4v) is 4.33. The largest absolute Gasteiger partial charge is 0.493 e. The number of halogens is 1. The summed E-state index contributed by atoms with van der Waals surface area (Å²) >= 11 is 0. The molecule has 2 aliphatic rings. The van der Waals surface area contributed by atoms with Crippen LogP contribution in [0.4, 0.5) is 0 Å². The number of methoxy groups -OCH3 is 3. The van der Waals surface area contributed by atoms with Gasteiger partial charge in [0.1, 0.15) is 0 Å². The van der Waals surface area contributed by atoms with Crippen LogP contribution in [0.15, 0.2) is 12.1 Å². The number of ether oxygens (including phenoxy) is 3. The van der Waals surface area contributed by atoms with E-state index in [9.17, 15) is 0 Å². The molecule has 1 aromatic carbocycles. The first-order valence-corrected chi connectivity index (χ1v) is 8.98. The van der Waals surface area contributed by atoms with Gasteiger partial charge in [0, 0.05) is 37.3 Å². The van der Waals surface area contributed by atoms with Crippen molar-refractivity contribution < 1.29 is 14.2 Å². The van der Waals surface area contributed by atoms with Crippen molar-refractivity contribution in [3.8, 4) is 17.2 Å². The van der Waals surface area contributed by atoms with Crippen LogP contribution in [-0.4, -0.2) is 51.4 Å². The van der Waals surface area contributed by atoms with E-state index >= 15 is 0 Å². The van der Waals surface area contributed by atoms with Crippen LogP contribution < -0.4 is 19.5 Å². The van der Waals surface area contributed by atoms with Crippen molar-refractivity contribution in [2.75, 3.05) is 41.0 Å². The second-order valence-corrected chi connectivity index (χ2v) is 6.88. The average Bonchev–Trinajstić information content (AvgIpc) is 2.63. The van der Waals surface area contributed by atoms with Crippen LogP contribution in [0.2, 0.25) is 0 Å². The third-order valence-corrected chi connectivity index (χ3v) is 5.61. The Morgan fingerprint density at radius 3 is 2.36 bits per heavy atom. The predicted molar refractivity (Wildman–Crippen MR) is 102 cm³/mol. The Labute approximate surface area is 157 Å². The van der Waals surface area contributed by atoms with Gasteiger partial charge in [0.25, 0.3) is 0 Å². The van der Waals surface area contributed by atoms with Gasteiger partial charge in [-0.2, -0.15) is 0 Å². The van der Waals surface area contributed by atoms with Crippen LogP contribution in [0, 0.1) is 0 Å². The Hall–Kier alpha value is -1.17. The summed E-state index contributed by atoms with van der Waals surface area (Å²) in [5.74, 6) is 2.19. The fourth-order valence-electron chi connectivity index (χ4n) is 4.33. The average molecular weight is 371 g/mol. The molecule has 1 saturated carbocycles. The van der Waals surface area contributed by atoms with Crippen LogP contribution in [0.25, 0.3) is 0 Å². The van der Waals surface area contributed by atoms with E-state index in [2.05, 4.69) is 16.3 Å². The maximum Gasteiger partial charge on any atom is 0.203 e. The van der Waals surface area contributed by atoms with Crippen molar-refractivity contribution in [2.24, 2.45) is 0 Å². The second kappa shape index (κ2) is 8.97. The van der Waals surface area contributed by atoms with Gasteiger partial charge in [-0.15, -0.1) is 12.4 Å². The first-order chi connectivity index (χ1) is 11.7. The molecule has 2 fully saturated rings. The highest BCUT2D eigenvalue weighted by Crippen LogP contribution is 2.42. The predicted octanol–water partition coefficient (Wildman–Crippen LogP) is 3.24. The smallest absolute Gasteiger partial charge is 0.203 e. The Kier molecular flexibility index (Phi) is 7.23. The number of nitrogens with one attached hydrogen (secondary N) is 1. The van der Waals surface area contributed by atoms with Crippen LogP contribution in [0.5, 0.6) is 17.2 Å². The molecule has 6 heteroatoms. The number of hydrogen-bond acceptors (Lipinski definition) is 5. The highest BCUT2D eigenvalue weighted by molar-refractivity contribution is 5.85. The summed E-state index contributed by atoms with van der Waals surface area (Å²) in [6.07, 6.45) is 6.61. The lowest BCUT2D eigenvalue weighted by Gasteiger charge is -2.50. The number of benzene rings is 1. The summed E-state index contributed by atoms with van der Waals surface area (Å²) in [4.78, 5) is 2.66. The lowest BCUT2D eigenvalue weighted by molar-refractivity contribution is 0.0203. The van der Waals surface area contributed by atoms with E-state index in [0.29, 0.717) is 17.0 Å². The summed E-state index contributed by atoms with van der Waals surface area (Å²) in [5.41, 5.74) is 1.47. The molecule has 0 unspecified atom stereocenters. The standard InChI is InChI=1S/C19H30N2O3.ClH/c1-22-16-8-7-15(17(23-2)18(16)24-3)13-21-12-11-20-14-19(21)9-5-4-6-10-19;/h7-8,20H,4-6,9-14H2,1-3H3;1H. The summed E-state index contributed by atoms with van der Waals surface area (Å²) in [6.45, 7) is 4.13. The number of hydrogen-bond donors (Lipinski definition) is 1. The number of nitrogens with zero attached hydrogens (tertiary/aromatic N) is 1. The van der Waals surface area contributed by atoms with Gasteiger partial charge in [0.2, 0.25) is 5.75 Å². The normalized spacial score (nSPS) is 20.0. The molecule has 1 aliphatic heterocycles. The Morgan fingerprint density at radius 1 is 1.00 bits per heavy atom. The minimum absolute atomic E-state index is 0. The van der Waals surface area contributed by atoms with E-state index in [0.717, 1.165) is 31.9 Å². The molecule has 0 atom stereocenters. The SMILES string of the molecule is COc1ccc(CN2CCNCC23CCCCC3)c(OC)c1OC.Cl. The van der Waals surface area contributed by atoms with E-state index in [4.69, 9.17) is 14.2 Å². The molecule has 1 aliphatic carbocycles. The molecule has 25 heavy (non-hydrogen) atoms. The minimum Gasteiger partial charge on any atom is -0.493 e. The summed E-state index contributed by atoms with van der Waals surface area (Å²) in [6, 6.07) is 4.09. The molecular weight excluding hydrogens is 340 g/mol. The maximum absolute atomic E-state index is 5.68. The topological polar surface area (TPSA) is 43.0 Å². The molecule has 1 aromatic rings. The number of piperazine rings is 1. The van der Waals surface area contributed by atoms with Gasteiger partial charge in [-0.1, -0.05) is 25.3 Å².